The van der Waals surface area contributed by atoms with E-state index in [1.807, 2.05) is 19.9 Å². The number of esters is 1. The first-order valence-electron chi connectivity index (χ1n) is 5.67. The summed E-state index contributed by atoms with van der Waals surface area (Å²) in [4.78, 5) is 11.5. The molecule has 0 bridgehead atoms. The summed E-state index contributed by atoms with van der Waals surface area (Å²) in [5.74, 6) is 0.119. The van der Waals surface area contributed by atoms with Crippen molar-refractivity contribution in [2.75, 3.05) is 6.61 Å². The fraction of sp³-hybridized carbons (Fsp3) is 0.500. The lowest BCUT2D eigenvalue weighted by Crippen LogP contribution is -2.16. The Labute approximate surface area is 97.7 Å². The molecule has 0 aromatic heterocycles. The minimum atomic E-state index is -0.0716. The molecular formula is C14H20O2. The van der Waals surface area contributed by atoms with Crippen LogP contribution in [0.1, 0.15) is 26.7 Å². The molecule has 0 saturated carbocycles. The van der Waals surface area contributed by atoms with E-state index in [1.165, 1.54) is 0 Å². The Morgan fingerprint density at radius 2 is 2.25 bits per heavy atom. The van der Waals surface area contributed by atoms with E-state index in [0.717, 1.165) is 24.0 Å². The van der Waals surface area contributed by atoms with Crippen molar-refractivity contribution in [1.29, 1.82) is 0 Å². The van der Waals surface area contributed by atoms with Gasteiger partial charge in [0.2, 0.25) is 0 Å². The van der Waals surface area contributed by atoms with Gasteiger partial charge in [0.1, 0.15) is 0 Å². The highest BCUT2D eigenvalue weighted by molar-refractivity contribution is 5.75. The van der Waals surface area contributed by atoms with Gasteiger partial charge in [0.25, 0.3) is 0 Å². The van der Waals surface area contributed by atoms with E-state index < -0.39 is 0 Å². The molecule has 16 heavy (non-hydrogen) atoms. The molecule has 2 atom stereocenters. The van der Waals surface area contributed by atoms with Crippen molar-refractivity contribution in [1.82, 2.24) is 0 Å². The van der Waals surface area contributed by atoms with Gasteiger partial charge in [-0.2, -0.15) is 0 Å². The van der Waals surface area contributed by atoms with E-state index in [2.05, 4.69) is 19.2 Å². The summed E-state index contributed by atoms with van der Waals surface area (Å²) in [6.45, 7) is 12.1. The van der Waals surface area contributed by atoms with Gasteiger partial charge in [0, 0.05) is 5.92 Å². The summed E-state index contributed by atoms with van der Waals surface area (Å²) in [6.07, 6.45) is 5.65. The van der Waals surface area contributed by atoms with Crippen molar-refractivity contribution in [3.05, 3.63) is 36.5 Å². The van der Waals surface area contributed by atoms with Gasteiger partial charge in [-0.15, -0.1) is 0 Å². The fourth-order valence-electron chi connectivity index (χ4n) is 1.94. The number of rotatable bonds is 5. The fourth-order valence-corrected chi connectivity index (χ4v) is 1.94. The van der Waals surface area contributed by atoms with Gasteiger partial charge in [0.15, 0.2) is 0 Å². The van der Waals surface area contributed by atoms with Crippen LogP contribution < -0.4 is 0 Å². The van der Waals surface area contributed by atoms with E-state index in [1.54, 1.807) is 0 Å². The smallest absolute Gasteiger partial charge is 0.309 e. The summed E-state index contributed by atoms with van der Waals surface area (Å²) < 4.78 is 5.08. The topological polar surface area (TPSA) is 26.3 Å². The van der Waals surface area contributed by atoms with Gasteiger partial charge in [0.05, 0.1) is 12.5 Å². The Hall–Kier alpha value is -1.31. The largest absolute Gasteiger partial charge is 0.465 e. The Morgan fingerprint density at radius 1 is 1.56 bits per heavy atom. The second-order valence-electron chi connectivity index (χ2n) is 4.42. The molecule has 0 N–H and O–H groups in total. The first-order chi connectivity index (χ1) is 7.56. The normalized spacial score (nSPS) is 25.4. The molecule has 0 aromatic rings. The molecule has 2 nitrogen and oxygen atoms in total. The second kappa shape index (κ2) is 5.69. The summed E-state index contributed by atoms with van der Waals surface area (Å²) in [7, 11) is 0. The lowest BCUT2D eigenvalue weighted by molar-refractivity contribution is -0.141. The number of hydrogen-bond donors (Lipinski definition) is 0. The molecule has 88 valence electrons. The summed E-state index contributed by atoms with van der Waals surface area (Å²) >= 11 is 0. The minimum absolute atomic E-state index is 0.00800. The maximum absolute atomic E-state index is 11.5. The molecule has 1 rings (SSSR count). The summed E-state index contributed by atoms with van der Waals surface area (Å²) in [5.41, 5.74) is 2.19. The maximum Gasteiger partial charge on any atom is 0.309 e. The molecule has 0 spiro atoms. The zero-order valence-electron chi connectivity index (χ0n) is 10.2. The molecule has 0 aliphatic carbocycles. The highest BCUT2D eigenvalue weighted by atomic mass is 16.5. The molecule has 0 amide bonds. The third kappa shape index (κ3) is 3.09. The van der Waals surface area contributed by atoms with Crippen molar-refractivity contribution < 1.29 is 9.53 Å². The highest BCUT2D eigenvalue weighted by Crippen LogP contribution is 2.31. The van der Waals surface area contributed by atoms with E-state index in [4.69, 9.17) is 4.74 Å². The predicted octanol–water partition coefficient (Wildman–Crippen LogP) is 3.26. The molecule has 1 saturated heterocycles. The molecule has 0 radical (unpaired) electrons. The van der Waals surface area contributed by atoms with Crippen molar-refractivity contribution in [2.45, 2.75) is 26.7 Å². The molecular weight excluding hydrogens is 200 g/mol. The van der Waals surface area contributed by atoms with Crippen molar-refractivity contribution >= 4 is 5.97 Å². The van der Waals surface area contributed by atoms with E-state index in [9.17, 15) is 4.79 Å². The molecule has 1 aliphatic rings. The van der Waals surface area contributed by atoms with Crippen LogP contribution in [-0.4, -0.2) is 12.6 Å². The highest BCUT2D eigenvalue weighted by Gasteiger charge is 2.36. The molecule has 2 heteroatoms. The van der Waals surface area contributed by atoms with E-state index >= 15 is 0 Å². The lowest BCUT2D eigenvalue weighted by Gasteiger charge is -2.13. The number of ether oxygens (including phenoxy) is 1. The quantitative estimate of drug-likeness (QED) is 0.404. The molecule has 0 unspecified atom stereocenters. The van der Waals surface area contributed by atoms with Crippen LogP contribution in [0.2, 0.25) is 0 Å². The molecule has 0 aromatic carbocycles. The van der Waals surface area contributed by atoms with Crippen LogP contribution in [0.3, 0.4) is 0 Å². The molecule has 1 aliphatic heterocycles. The molecule has 1 fully saturated rings. The van der Waals surface area contributed by atoms with Crippen LogP contribution in [0.4, 0.5) is 0 Å². The third-order valence-corrected chi connectivity index (χ3v) is 3.09. The van der Waals surface area contributed by atoms with Crippen LogP contribution in [0.5, 0.6) is 0 Å². The van der Waals surface area contributed by atoms with Crippen LogP contribution in [-0.2, 0) is 9.53 Å². The molecule has 1 heterocycles. The van der Waals surface area contributed by atoms with Gasteiger partial charge < -0.3 is 4.74 Å². The third-order valence-electron chi connectivity index (χ3n) is 3.09. The van der Waals surface area contributed by atoms with Gasteiger partial charge in [-0.1, -0.05) is 36.5 Å². The van der Waals surface area contributed by atoms with Crippen LogP contribution in [0, 0.1) is 11.8 Å². The van der Waals surface area contributed by atoms with Gasteiger partial charge >= 0.3 is 5.97 Å². The average Bonchev–Trinajstić information content (AvgIpc) is 2.60. The van der Waals surface area contributed by atoms with E-state index in [0.29, 0.717) is 6.61 Å². The number of allylic oxidation sites excluding steroid dienone is 3. The van der Waals surface area contributed by atoms with Crippen LogP contribution in [0.25, 0.3) is 0 Å². The SMILES string of the molecule is C=C/C(C)=C/CC[C@H]1C(=O)OC[C@@H]1C(=C)C. The summed E-state index contributed by atoms with van der Waals surface area (Å²) in [5, 5.41) is 0. The zero-order chi connectivity index (χ0) is 12.1. The first-order valence-corrected chi connectivity index (χ1v) is 5.67. The average molecular weight is 220 g/mol. The van der Waals surface area contributed by atoms with Gasteiger partial charge in [-0.25, -0.2) is 0 Å². The Bertz CT molecular complexity index is 326. The number of carbonyl (C=O) groups excluding carboxylic acids is 1. The maximum atomic E-state index is 11.5. The van der Waals surface area contributed by atoms with Crippen molar-refractivity contribution in [2.24, 2.45) is 11.8 Å². The predicted molar refractivity (Wildman–Crippen MR) is 65.9 cm³/mol. The first kappa shape index (κ1) is 12.8. The van der Waals surface area contributed by atoms with Gasteiger partial charge in [-0.05, 0) is 26.7 Å². The number of cyclic esters (lactones) is 1. The second-order valence-corrected chi connectivity index (χ2v) is 4.42. The van der Waals surface area contributed by atoms with Crippen molar-refractivity contribution in [3.8, 4) is 0 Å². The monoisotopic (exact) mass is 220 g/mol. The van der Waals surface area contributed by atoms with Crippen LogP contribution >= 0.6 is 0 Å². The summed E-state index contributed by atoms with van der Waals surface area (Å²) in [6, 6.07) is 0. The number of hydrogen-bond acceptors (Lipinski definition) is 2. The number of carbonyl (C=O) groups is 1. The Kier molecular flexibility index (Phi) is 4.53. The van der Waals surface area contributed by atoms with Crippen molar-refractivity contribution in [3.63, 3.8) is 0 Å². The van der Waals surface area contributed by atoms with E-state index in [-0.39, 0.29) is 17.8 Å². The standard InChI is InChI=1S/C14H20O2/c1-5-11(4)7-6-8-12-13(10(2)3)9-16-14(12)15/h5,7,12-13H,1-2,6,8-9H2,3-4H3/b11-7+/t12-,13-/m1/s1. The zero-order valence-corrected chi connectivity index (χ0v) is 10.2. The van der Waals surface area contributed by atoms with Gasteiger partial charge in [-0.3, -0.25) is 4.79 Å². The lowest BCUT2D eigenvalue weighted by atomic mass is 9.86. The van der Waals surface area contributed by atoms with Crippen LogP contribution in [0.15, 0.2) is 36.5 Å². The Morgan fingerprint density at radius 3 is 2.81 bits per heavy atom. The minimum Gasteiger partial charge on any atom is -0.465 e. The Balaban J connectivity index is 2.54.